The molecule has 10 heteroatoms. The number of carbonyl (C=O) groups is 2. The third kappa shape index (κ3) is 4.73. The van der Waals surface area contributed by atoms with E-state index in [-0.39, 0.29) is 35.6 Å². The summed E-state index contributed by atoms with van der Waals surface area (Å²) in [5, 5.41) is 6.43. The minimum absolute atomic E-state index is 0.0274. The third-order valence-electron chi connectivity index (χ3n) is 5.96. The molecule has 1 aliphatic carbocycles. The SMILES string of the molecule is O=C(CCNS(=O)(=O)c1ccc2c(c1)CCN2C(=O)C1CC1)Nc1cccc(-c2ccno2)c1. The van der Waals surface area contributed by atoms with E-state index in [0.29, 0.717) is 24.4 Å². The van der Waals surface area contributed by atoms with Crippen LogP contribution in [0.4, 0.5) is 11.4 Å². The molecule has 2 heterocycles. The van der Waals surface area contributed by atoms with E-state index in [4.69, 9.17) is 4.52 Å². The normalized spacial score (nSPS) is 15.2. The predicted octanol–water partition coefficient (Wildman–Crippen LogP) is 2.95. The molecule has 1 aliphatic heterocycles. The van der Waals surface area contributed by atoms with Gasteiger partial charge < -0.3 is 14.7 Å². The van der Waals surface area contributed by atoms with Crippen LogP contribution in [0, 0.1) is 5.92 Å². The fourth-order valence-electron chi connectivity index (χ4n) is 4.05. The number of hydrogen-bond acceptors (Lipinski definition) is 6. The van der Waals surface area contributed by atoms with Crippen LogP contribution < -0.4 is 14.9 Å². The van der Waals surface area contributed by atoms with Crippen LogP contribution in [0.3, 0.4) is 0 Å². The fraction of sp³-hybridized carbons (Fsp3) is 0.292. The number of hydrogen-bond donors (Lipinski definition) is 2. The molecule has 5 rings (SSSR count). The van der Waals surface area contributed by atoms with Gasteiger partial charge >= 0.3 is 0 Å². The van der Waals surface area contributed by atoms with Crippen molar-refractivity contribution in [2.24, 2.45) is 5.92 Å². The highest BCUT2D eigenvalue weighted by atomic mass is 32.2. The first-order valence-electron chi connectivity index (χ1n) is 11.2. The number of carbonyl (C=O) groups excluding carboxylic acids is 2. The van der Waals surface area contributed by atoms with Gasteiger partial charge in [-0.3, -0.25) is 9.59 Å². The zero-order valence-electron chi connectivity index (χ0n) is 18.4. The summed E-state index contributed by atoms with van der Waals surface area (Å²) in [5.74, 6) is 0.510. The smallest absolute Gasteiger partial charge is 0.240 e. The van der Waals surface area contributed by atoms with Gasteiger partial charge in [0.1, 0.15) is 0 Å². The van der Waals surface area contributed by atoms with E-state index in [2.05, 4.69) is 15.2 Å². The Labute approximate surface area is 197 Å². The second-order valence-electron chi connectivity index (χ2n) is 8.46. The van der Waals surface area contributed by atoms with Crippen molar-refractivity contribution in [3.63, 3.8) is 0 Å². The van der Waals surface area contributed by atoms with Crippen molar-refractivity contribution in [2.45, 2.75) is 30.6 Å². The molecular weight excluding hydrogens is 456 g/mol. The zero-order valence-corrected chi connectivity index (χ0v) is 19.2. The first kappa shape index (κ1) is 22.3. The molecule has 2 aromatic carbocycles. The molecule has 1 fully saturated rings. The first-order valence-corrected chi connectivity index (χ1v) is 12.6. The Balaban J connectivity index is 1.17. The highest BCUT2D eigenvalue weighted by Gasteiger charge is 2.36. The third-order valence-corrected chi connectivity index (χ3v) is 7.42. The number of anilines is 2. The number of sulfonamides is 1. The van der Waals surface area contributed by atoms with Crippen molar-refractivity contribution >= 4 is 33.2 Å². The topological polar surface area (TPSA) is 122 Å². The average Bonchev–Trinajstić information content (AvgIpc) is 3.35. The standard InChI is InChI=1S/C24H24N4O5S/c29-23(27-19-3-1-2-18(14-19)22-8-11-25-33-22)9-12-26-34(31,32)20-6-7-21-17(15-20)10-13-28(21)24(30)16-4-5-16/h1-3,6-8,11,14-16,26H,4-5,9-10,12-13H2,(H,27,29). The molecule has 0 unspecified atom stereocenters. The van der Waals surface area contributed by atoms with E-state index in [1.54, 1.807) is 41.3 Å². The number of benzene rings is 2. The number of rotatable bonds is 8. The summed E-state index contributed by atoms with van der Waals surface area (Å²) >= 11 is 0. The molecule has 3 aromatic rings. The lowest BCUT2D eigenvalue weighted by molar-refractivity contribution is -0.119. The summed E-state index contributed by atoms with van der Waals surface area (Å²) in [4.78, 5) is 26.6. The van der Waals surface area contributed by atoms with Gasteiger partial charge in [0.25, 0.3) is 0 Å². The van der Waals surface area contributed by atoms with Crippen molar-refractivity contribution in [3.05, 3.63) is 60.3 Å². The minimum atomic E-state index is -3.78. The number of amides is 2. The van der Waals surface area contributed by atoms with Gasteiger partial charge in [-0.2, -0.15) is 0 Å². The molecule has 1 saturated carbocycles. The maximum atomic E-state index is 12.7. The fourth-order valence-corrected chi connectivity index (χ4v) is 5.13. The van der Waals surface area contributed by atoms with Crippen LogP contribution in [0.25, 0.3) is 11.3 Å². The quantitative estimate of drug-likeness (QED) is 0.511. The van der Waals surface area contributed by atoms with Crippen molar-refractivity contribution < 1.29 is 22.5 Å². The van der Waals surface area contributed by atoms with Crippen molar-refractivity contribution in [3.8, 4) is 11.3 Å². The summed E-state index contributed by atoms with van der Waals surface area (Å²) in [6, 6.07) is 13.7. The molecule has 1 aromatic heterocycles. The number of fused-ring (bicyclic) bond motifs is 1. The van der Waals surface area contributed by atoms with Crippen LogP contribution in [0.15, 0.2) is 64.1 Å². The maximum absolute atomic E-state index is 12.7. The van der Waals surface area contributed by atoms with Crippen molar-refractivity contribution in [2.75, 3.05) is 23.3 Å². The largest absolute Gasteiger partial charge is 0.356 e. The van der Waals surface area contributed by atoms with Gasteiger partial charge in [0.2, 0.25) is 21.8 Å². The summed E-state index contributed by atoms with van der Waals surface area (Å²) in [7, 11) is -3.78. The lowest BCUT2D eigenvalue weighted by Gasteiger charge is -2.17. The molecule has 0 radical (unpaired) electrons. The lowest BCUT2D eigenvalue weighted by atomic mass is 10.1. The van der Waals surface area contributed by atoms with Gasteiger partial charge in [-0.05, 0) is 55.2 Å². The van der Waals surface area contributed by atoms with Gasteiger partial charge in [0, 0.05) is 48.4 Å². The summed E-state index contributed by atoms with van der Waals surface area (Å²) < 4.78 is 33.1. The molecule has 2 N–H and O–H groups in total. The van der Waals surface area contributed by atoms with E-state index >= 15 is 0 Å². The van der Waals surface area contributed by atoms with E-state index in [1.807, 2.05) is 6.07 Å². The predicted molar refractivity (Wildman–Crippen MR) is 126 cm³/mol. The van der Waals surface area contributed by atoms with Crippen LogP contribution in [-0.4, -0.2) is 38.5 Å². The highest BCUT2D eigenvalue weighted by molar-refractivity contribution is 7.89. The van der Waals surface area contributed by atoms with Crippen LogP contribution >= 0.6 is 0 Å². The molecule has 34 heavy (non-hydrogen) atoms. The van der Waals surface area contributed by atoms with E-state index in [0.717, 1.165) is 29.7 Å². The zero-order chi connectivity index (χ0) is 23.7. The molecule has 0 atom stereocenters. The van der Waals surface area contributed by atoms with Crippen LogP contribution in [0.2, 0.25) is 0 Å². The Morgan fingerprint density at radius 3 is 2.74 bits per heavy atom. The average molecular weight is 481 g/mol. The van der Waals surface area contributed by atoms with Crippen LogP contribution in [0.1, 0.15) is 24.8 Å². The highest BCUT2D eigenvalue weighted by Crippen LogP contribution is 2.37. The molecular formula is C24H24N4O5S. The van der Waals surface area contributed by atoms with E-state index in [9.17, 15) is 18.0 Å². The molecule has 176 valence electrons. The van der Waals surface area contributed by atoms with Gasteiger partial charge in [-0.1, -0.05) is 17.3 Å². The van der Waals surface area contributed by atoms with Gasteiger partial charge in [-0.15, -0.1) is 0 Å². The number of nitrogens with zero attached hydrogens (tertiary/aromatic N) is 2. The second-order valence-corrected chi connectivity index (χ2v) is 10.2. The molecule has 0 spiro atoms. The van der Waals surface area contributed by atoms with Crippen molar-refractivity contribution in [1.82, 2.24) is 9.88 Å². The molecule has 0 bridgehead atoms. The number of nitrogens with one attached hydrogen (secondary N) is 2. The maximum Gasteiger partial charge on any atom is 0.240 e. The Hall–Kier alpha value is -3.50. The summed E-state index contributed by atoms with van der Waals surface area (Å²) in [6.07, 6.45) is 4.01. The molecule has 2 amide bonds. The Kier molecular flexibility index (Phi) is 5.93. The Morgan fingerprint density at radius 1 is 1.12 bits per heavy atom. The summed E-state index contributed by atoms with van der Waals surface area (Å²) in [6.45, 7) is 0.540. The van der Waals surface area contributed by atoms with Crippen LogP contribution in [-0.2, 0) is 26.0 Å². The molecule has 0 saturated heterocycles. The Morgan fingerprint density at radius 2 is 1.97 bits per heavy atom. The second kappa shape index (κ2) is 9.03. The lowest BCUT2D eigenvalue weighted by Crippen LogP contribution is -2.30. The summed E-state index contributed by atoms with van der Waals surface area (Å²) in [5.41, 5.74) is 2.99. The van der Waals surface area contributed by atoms with Crippen molar-refractivity contribution in [1.29, 1.82) is 0 Å². The van der Waals surface area contributed by atoms with Gasteiger partial charge in [0.05, 0.1) is 11.1 Å². The Bertz CT molecular complexity index is 1330. The van der Waals surface area contributed by atoms with E-state index in [1.165, 1.54) is 12.3 Å². The van der Waals surface area contributed by atoms with E-state index < -0.39 is 10.0 Å². The number of aromatic nitrogens is 1. The molecule has 2 aliphatic rings. The van der Waals surface area contributed by atoms with Gasteiger partial charge in [0.15, 0.2) is 5.76 Å². The monoisotopic (exact) mass is 480 g/mol. The minimum Gasteiger partial charge on any atom is -0.356 e. The molecule has 9 nitrogen and oxygen atoms in total. The van der Waals surface area contributed by atoms with Crippen LogP contribution in [0.5, 0.6) is 0 Å². The van der Waals surface area contributed by atoms with Gasteiger partial charge in [-0.25, -0.2) is 13.1 Å². The first-order chi connectivity index (χ1) is 16.4.